The zero-order chi connectivity index (χ0) is 80.8. The van der Waals surface area contributed by atoms with Gasteiger partial charge < -0.3 is 48.2 Å². The van der Waals surface area contributed by atoms with Crippen LogP contribution >= 0.6 is 22.6 Å². The van der Waals surface area contributed by atoms with Crippen LogP contribution in [0.5, 0.6) is 0 Å². The Morgan fingerprint density at radius 2 is 0.593 bits per heavy atom. The Morgan fingerprint density at radius 3 is 0.843 bits per heavy atom. The van der Waals surface area contributed by atoms with Crippen LogP contribution in [0, 0.1) is 23.7 Å². The Labute approximate surface area is 690 Å². The van der Waals surface area contributed by atoms with Gasteiger partial charge in [-0.2, -0.15) is 0 Å². The molecule has 0 aromatic heterocycles. The van der Waals surface area contributed by atoms with Gasteiger partial charge in [-0.25, -0.2) is 0 Å². The highest BCUT2D eigenvalue weighted by atomic mass is 127. The molecule has 108 heavy (non-hydrogen) atoms. The molecule has 3 saturated heterocycles. The van der Waals surface area contributed by atoms with Gasteiger partial charge in [0, 0.05) is 13.2 Å². The maximum absolute atomic E-state index is 10.0. The number of hydrogen-bond acceptors (Lipinski definition) is 10. The Morgan fingerprint density at radius 1 is 0.343 bits per heavy atom. The van der Waals surface area contributed by atoms with Crippen molar-refractivity contribution >= 4 is 30.9 Å². The minimum atomic E-state index is -1.68. The number of alkyl halides is 1. The van der Waals surface area contributed by atoms with Gasteiger partial charge in [0.15, 0.2) is 25.7 Å². The molecular weight excluding hydrogens is 1470 g/mol. The summed E-state index contributed by atoms with van der Waals surface area (Å²) in [5.74, 6) is 0.287. The van der Waals surface area contributed by atoms with Crippen LogP contribution in [0.2, 0.25) is 18.1 Å². The lowest BCUT2D eigenvalue weighted by molar-refractivity contribution is -0.151. The lowest BCUT2D eigenvalue weighted by Gasteiger charge is -2.36. The molecule has 3 rings (SSSR count). The third-order valence-electron chi connectivity index (χ3n) is 24.4. The van der Waals surface area contributed by atoms with Crippen LogP contribution in [0.3, 0.4) is 0 Å². The smallest absolute Gasteiger partial charge is 0.191 e. The van der Waals surface area contributed by atoms with Crippen LogP contribution in [-0.4, -0.2) is 107 Å². The van der Waals surface area contributed by atoms with Gasteiger partial charge in [0.1, 0.15) is 0 Å². The molecule has 0 bridgehead atoms. The van der Waals surface area contributed by atoms with Crippen molar-refractivity contribution in [1.82, 2.24) is 0 Å². The predicted octanol–water partition coefficient (Wildman–Crippen LogP) is 30.6. The van der Waals surface area contributed by atoms with E-state index >= 15 is 0 Å². The van der Waals surface area contributed by atoms with E-state index in [-0.39, 0.29) is 48.1 Å². The number of ether oxygens (including phenoxy) is 6. The second-order valence-electron chi connectivity index (χ2n) is 37.8. The molecule has 650 valence electrons. The highest BCUT2D eigenvalue weighted by molar-refractivity contribution is 14.1. The number of aliphatic hydroxyl groups is 3. The molecular formula is C96H195IO10Si. The first kappa shape index (κ1) is 109. The normalized spacial score (nSPS) is 21.3. The first-order valence-electron chi connectivity index (χ1n) is 47.8. The maximum atomic E-state index is 10.0. The van der Waals surface area contributed by atoms with Crippen LogP contribution in [0.4, 0.5) is 0 Å². The molecule has 12 heteroatoms. The van der Waals surface area contributed by atoms with Gasteiger partial charge in [0.2, 0.25) is 0 Å². The van der Waals surface area contributed by atoms with E-state index in [9.17, 15) is 15.3 Å². The number of hydrogen-bond donors (Lipinski definition) is 3. The summed E-state index contributed by atoms with van der Waals surface area (Å²) in [6.45, 7) is 45.1. The van der Waals surface area contributed by atoms with Crippen molar-refractivity contribution in [2.45, 2.75) is 575 Å². The number of halogens is 1. The third kappa shape index (κ3) is 57.6. The summed E-state index contributed by atoms with van der Waals surface area (Å²) in [6, 6.07) is 0. The van der Waals surface area contributed by atoms with Gasteiger partial charge in [0.25, 0.3) is 0 Å². The van der Waals surface area contributed by atoms with Crippen molar-refractivity contribution < 1.29 is 48.2 Å². The van der Waals surface area contributed by atoms with Crippen LogP contribution in [0.25, 0.3) is 0 Å². The van der Waals surface area contributed by atoms with E-state index in [0.717, 1.165) is 64.4 Å². The average molecular weight is 1660 g/mol. The van der Waals surface area contributed by atoms with Gasteiger partial charge in [-0.1, -0.05) is 420 Å². The Balaban J connectivity index is 0.00000143. The SMILES string of the molecule is CCCCCCCCCCCCCCC1OC(C)(C)O[C@H]1[C@@H](C)CCI.CCCCCCCCCCCCCCC1OC(C)(C)O[C@H]1[C@@H](C)CCO.CCCCCCCCCCCCCCC1OC(C)(C)O[C@H]1[C@@H](C)CCO[Si](C)(C)C(C)(C)C.CCCCCCCCCCCCCC[C@@H](O)[C@@H](O)[C@@H](C)CCC. The summed E-state index contributed by atoms with van der Waals surface area (Å²) in [7, 11) is -1.68. The van der Waals surface area contributed by atoms with E-state index in [1.54, 1.807) is 0 Å². The summed E-state index contributed by atoms with van der Waals surface area (Å²) < 4.78 is 45.0. The van der Waals surface area contributed by atoms with Crippen molar-refractivity contribution in [1.29, 1.82) is 0 Å². The van der Waals surface area contributed by atoms with Crippen molar-refractivity contribution in [2.24, 2.45) is 23.7 Å². The van der Waals surface area contributed by atoms with Crippen molar-refractivity contribution in [3.63, 3.8) is 0 Å². The Bertz CT molecular complexity index is 1850. The molecule has 0 aliphatic carbocycles. The number of aliphatic hydroxyl groups excluding tert-OH is 3. The van der Waals surface area contributed by atoms with Crippen molar-refractivity contribution in [3.05, 3.63) is 0 Å². The fourth-order valence-electron chi connectivity index (χ4n) is 16.2. The van der Waals surface area contributed by atoms with Crippen molar-refractivity contribution in [2.75, 3.05) is 17.6 Å². The second-order valence-corrected chi connectivity index (χ2v) is 43.7. The Kier molecular flexibility index (Phi) is 68.8. The van der Waals surface area contributed by atoms with Crippen LogP contribution in [0.1, 0.15) is 491 Å². The quantitative estimate of drug-likeness (QED) is 0.0235. The van der Waals surface area contributed by atoms with E-state index in [1.165, 1.54) is 313 Å². The maximum Gasteiger partial charge on any atom is 0.191 e. The highest BCUT2D eigenvalue weighted by Gasteiger charge is 2.46. The summed E-state index contributed by atoms with van der Waals surface area (Å²) in [5, 5.41) is 29.5. The topological polar surface area (TPSA) is 125 Å². The molecule has 10 nitrogen and oxygen atoms in total. The third-order valence-corrected chi connectivity index (χ3v) is 29.6. The fraction of sp³-hybridized carbons (Fsp3) is 1.00. The molecule has 3 fully saturated rings. The highest BCUT2D eigenvalue weighted by Crippen LogP contribution is 2.41. The van der Waals surface area contributed by atoms with Crippen LogP contribution < -0.4 is 0 Å². The molecule has 3 aliphatic rings. The number of unbranched alkanes of at least 4 members (excludes halogenated alkanes) is 44. The van der Waals surface area contributed by atoms with Crippen molar-refractivity contribution in [3.8, 4) is 0 Å². The summed E-state index contributed by atoms with van der Waals surface area (Å²) in [4.78, 5) is 0. The average Bonchev–Trinajstić information content (AvgIpc) is 1.68. The fourth-order valence-corrected chi connectivity index (χ4v) is 18.3. The van der Waals surface area contributed by atoms with Gasteiger partial charge in [-0.05, 0) is 139 Å². The predicted molar refractivity (Wildman–Crippen MR) is 481 cm³/mol. The minimum Gasteiger partial charge on any atom is -0.417 e. The lowest BCUT2D eigenvalue weighted by atomic mass is 9.92. The first-order chi connectivity index (χ1) is 51.5. The summed E-state index contributed by atoms with van der Waals surface area (Å²) >= 11 is 2.47. The molecule has 3 heterocycles. The van der Waals surface area contributed by atoms with E-state index < -0.39 is 37.9 Å². The van der Waals surface area contributed by atoms with Gasteiger partial charge in [-0.3, -0.25) is 0 Å². The van der Waals surface area contributed by atoms with E-state index in [4.69, 9.17) is 32.8 Å². The minimum absolute atomic E-state index is 0.129. The zero-order valence-electron chi connectivity index (χ0n) is 76.4. The summed E-state index contributed by atoms with van der Waals surface area (Å²) in [6.07, 6.45) is 75.7. The molecule has 0 aromatic rings. The van der Waals surface area contributed by atoms with Crippen LogP contribution in [-0.2, 0) is 32.8 Å². The number of rotatable bonds is 67. The molecule has 3 aliphatic heterocycles. The van der Waals surface area contributed by atoms with E-state index in [0.29, 0.717) is 23.9 Å². The standard InChI is InChI=1S/C29H60O3Si.C23H45IO2.C23H46O3.C21H44O2/c1-10-11-12-13-14-15-16-17-18-19-20-21-22-26-27(32-29(6,7)31-26)25(2)23-24-30-33(8,9)28(3,4)5;2*1-5-6-7-8-9-10-11-12-13-14-15-16-17-21-22(20(2)18-19-24)26-23(3,4)25-21;1-4-6-7-8-9-10-11-12-13-14-15-16-18-20(22)21(23)19(3)17-5-2/h25-27H,10-24H2,1-9H3;20-22H,5-19H2,1-4H3;20-22,24H,5-19H2,1-4H3;19-23H,4-18H2,1-3H3/t25-,26?,27-;2*20-,21?,22-;19-,20+,21-/m0000/s1. The summed E-state index contributed by atoms with van der Waals surface area (Å²) in [5.41, 5.74) is 0. The molecule has 3 N–H and O–H groups in total. The van der Waals surface area contributed by atoms with Gasteiger partial charge >= 0.3 is 0 Å². The lowest BCUT2D eigenvalue weighted by Crippen LogP contribution is -2.41. The van der Waals surface area contributed by atoms with Crippen LogP contribution in [0.15, 0.2) is 0 Å². The molecule has 0 amide bonds. The monoisotopic (exact) mass is 1660 g/mol. The van der Waals surface area contributed by atoms with E-state index in [2.05, 4.69) is 140 Å². The van der Waals surface area contributed by atoms with Gasteiger partial charge in [-0.15, -0.1) is 0 Å². The Hall–Kier alpha value is 0.547. The first-order valence-corrected chi connectivity index (χ1v) is 52.2. The largest absolute Gasteiger partial charge is 0.417 e. The zero-order valence-corrected chi connectivity index (χ0v) is 79.6. The second kappa shape index (κ2) is 68.5. The van der Waals surface area contributed by atoms with Gasteiger partial charge in [0.05, 0.1) is 48.8 Å². The molecule has 0 saturated carbocycles. The molecule has 0 radical (unpaired) electrons. The molecule has 12 atom stereocenters. The molecule has 3 unspecified atom stereocenters. The molecule has 0 aromatic carbocycles. The van der Waals surface area contributed by atoms with E-state index in [1.807, 2.05) is 20.8 Å². The molecule has 0 spiro atoms.